The van der Waals surface area contributed by atoms with Crippen LogP contribution in [0.5, 0.6) is 0 Å². The van der Waals surface area contributed by atoms with Crippen LogP contribution in [0.4, 0.5) is 0 Å². The second kappa shape index (κ2) is 9.01. The summed E-state index contributed by atoms with van der Waals surface area (Å²) in [5.74, 6) is 0.969. The molecule has 2 N–H and O–H groups in total. The van der Waals surface area contributed by atoms with Gasteiger partial charge in [-0.25, -0.2) is 0 Å². The van der Waals surface area contributed by atoms with Crippen molar-refractivity contribution >= 4 is 30.7 Å². The molecule has 24 heavy (non-hydrogen) atoms. The van der Waals surface area contributed by atoms with E-state index in [-0.39, 0.29) is 36.8 Å². The molecule has 1 fully saturated rings. The third-order valence-corrected chi connectivity index (χ3v) is 4.25. The molecule has 0 radical (unpaired) electrons. The van der Waals surface area contributed by atoms with Crippen LogP contribution in [0.25, 0.3) is 11.3 Å². The van der Waals surface area contributed by atoms with Gasteiger partial charge in [0.15, 0.2) is 11.5 Å². The highest BCUT2D eigenvalue weighted by atomic mass is 35.5. The van der Waals surface area contributed by atoms with Crippen molar-refractivity contribution in [3.63, 3.8) is 0 Å². The molecule has 2 aromatic rings. The minimum Gasteiger partial charge on any atom is -0.355 e. The molecular weight excluding hydrogens is 351 g/mol. The zero-order chi connectivity index (χ0) is 15.5. The summed E-state index contributed by atoms with van der Waals surface area (Å²) in [5.41, 5.74) is 7.09. The van der Waals surface area contributed by atoms with Crippen molar-refractivity contribution in [1.29, 1.82) is 0 Å². The second-order valence-electron chi connectivity index (χ2n) is 5.81. The Morgan fingerprint density at radius 3 is 2.67 bits per heavy atom. The van der Waals surface area contributed by atoms with Gasteiger partial charge < -0.3 is 15.2 Å². The first kappa shape index (κ1) is 20.4. The number of rotatable bonds is 3. The smallest absolute Gasteiger partial charge is 0.276 e. The third kappa shape index (κ3) is 4.47. The predicted molar refractivity (Wildman–Crippen MR) is 96.5 cm³/mol. The number of pyridine rings is 1. The topological polar surface area (TPSA) is 85.2 Å². The van der Waals surface area contributed by atoms with Crippen molar-refractivity contribution in [3.05, 3.63) is 36.3 Å². The van der Waals surface area contributed by atoms with Crippen molar-refractivity contribution in [3.8, 4) is 11.3 Å². The molecule has 3 rings (SSSR count). The van der Waals surface area contributed by atoms with Crippen molar-refractivity contribution in [2.75, 3.05) is 13.1 Å². The Balaban J connectivity index is 0.00000144. The lowest BCUT2D eigenvalue weighted by Crippen LogP contribution is -2.42. The molecule has 1 amide bonds. The van der Waals surface area contributed by atoms with Gasteiger partial charge in [-0.15, -0.1) is 24.8 Å². The Morgan fingerprint density at radius 1 is 1.38 bits per heavy atom. The molecular formula is C16H22Cl2N4O2. The summed E-state index contributed by atoms with van der Waals surface area (Å²) in [5, 5.41) is 3.90. The second-order valence-corrected chi connectivity index (χ2v) is 5.81. The molecule has 8 heteroatoms. The monoisotopic (exact) mass is 372 g/mol. The predicted octanol–water partition coefficient (Wildman–Crippen LogP) is 2.78. The van der Waals surface area contributed by atoms with Crippen molar-refractivity contribution in [2.45, 2.75) is 25.8 Å². The van der Waals surface area contributed by atoms with Gasteiger partial charge in [-0.3, -0.25) is 9.78 Å². The first-order valence-corrected chi connectivity index (χ1v) is 7.57. The number of piperidine rings is 1. The maximum absolute atomic E-state index is 12.5. The quantitative estimate of drug-likeness (QED) is 0.894. The van der Waals surface area contributed by atoms with E-state index in [0.29, 0.717) is 17.4 Å². The van der Waals surface area contributed by atoms with E-state index in [1.165, 1.54) is 0 Å². The fourth-order valence-electron chi connectivity index (χ4n) is 2.81. The highest BCUT2D eigenvalue weighted by Crippen LogP contribution is 2.23. The average molecular weight is 373 g/mol. The number of nitrogens with two attached hydrogens (primary N) is 1. The van der Waals surface area contributed by atoms with Gasteiger partial charge in [-0.2, -0.15) is 0 Å². The number of amides is 1. The number of likely N-dealkylation sites (tertiary alicyclic amines) is 1. The highest BCUT2D eigenvalue weighted by molar-refractivity contribution is 5.93. The maximum atomic E-state index is 12.5. The molecule has 1 unspecified atom stereocenters. The van der Waals surface area contributed by atoms with Gasteiger partial charge >= 0.3 is 0 Å². The van der Waals surface area contributed by atoms with Crippen LogP contribution in [0, 0.1) is 5.92 Å². The van der Waals surface area contributed by atoms with Gasteiger partial charge in [0.05, 0.1) is 0 Å². The normalized spacial score (nSPS) is 16.0. The fraction of sp³-hybridized carbons (Fsp3) is 0.438. The Bertz CT molecular complexity index is 641. The lowest BCUT2D eigenvalue weighted by molar-refractivity contribution is 0.0670. The van der Waals surface area contributed by atoms with Crippen LogP contribution in [0.15, 0.2) is 35.1 Å². The zero-order valence-corrected chi connectivity index (χ0v) is 15.1. The summed E-state index contributed by atoms with van der Waals surface area (Å²) in [4.78, 5) is 18.3. The molecule has 0 aliphatic carbocycles. The van der Waals surface area contributed by atoms with E-state index in [0.717, 1.165) is 31.5 Å². The summed E-state index contributed by atoms with van der Waals surface area (Å²) in [6, 6.07) is 5.55. The summed E-state index contributed by atoms with van der Waals surface area (Å²) in [7, 11) is 0. The van der Waals surface area contributed by atoms with E-state index in [2.05, 4.69) is 10.1 Å². The Kier molecular flexibility index (Phi) is 7.66. The van der Waals surface area contributed by atoms with Gasteiger partial charge in [0.1, 0.15) is 0 Å². The molecule has 0 spiro atoms. The average Bonchev–Trinajstić information content (AvgIpc) is 3.05. The first-order valence-electron chi connectivity index (χ1n) is 7.57. The maximum Gasteiger partial charge on any atom is 0.276 e. The third-order valence-electron chi connectivity index (χ3n) is 4.25. The number of carbonyl (C=O) groups excluding carboxylic acids is 1. The number of nitrogens with zero attached hydrogens (tertiary/aromatic N) is 3. The van der Waals surface area contributed by atoms with E-state index < -0.39 is 0 Å². The standard InChI is InChI=1S/C16H20N4O2.2ClH/c1-11(17)12-4-7-20(8-5-12)16(21)14-9-15(22-19-14)13-3-2-6-18-10-13;;/h2-3,6,9-12H,4-5,7-8,17H2,1H3;2*1H. The number of halogens is 2. The zero-order valence-electron chi connectivity index (χ0n) is 13.4. The molecule has 132 valence electrons. The number of hydrogen-bond donors (Lipinski definition) is 1. The van der Waals surface area contributed by atoms with Gasteiger partial charge in [0, 0.05) is 43.2 Å². The Morgan fingerprint density at radius 2 is 2.08 bits per heavy atom. The van der Waals surface area contributed by atoms with Crippen LogP contribution in [0.3, 0.4) is 0 Å². The summed E-state index contributed by atoms with van der Waals surface area (Å²) >= 11 is 0. The van der Waals surface area contributed by atoms with Crippen LogP contribution in [0.1, 0.15) is 30.3 Å². The van der Waals surface area contributed by atoms with Gasteiger partial charge in [-0.1, -0.05) is 5.16 Å². The van der Waals surface area contributed by atoms with Crippen LogP contribution in [-0.2, 0) is 0 Å². The van der Waals surface area contributed by atoms with Crippen molar-refractivity contribution < 1.29 is 9.32 Å². The fourth-order valence-corrected chi connectivity index (χ4v) is 2.81. The van der Waals surface area contributed by atoms with Crippen LogP contribution in [-0.4, -0.2) is 40.1 Å². The number of hydrogen-bond acceptors (Lipinski definition) is 5. The van der Waals surface area contributed by atoms with Gasteiger partial charge in [0.25, 0.3) is 5.91 Å². The van der Waals surface area contributed by atoms with E-state index >= 15 is 0 Å². The largest absolute Gasteiger partial charge is 0.355 e. The summed E-state index contributed by atoms with van der Waals surface area (Å²) < 4.78 is 5.26. The van der Waals surface area contributed by atoms with E-state index in [1.54, 1.807) is 18.5 Å². The number of carbonyl (C=O) groups is 1. The van der Waals surface area contributed by atoms with Gasteiger partial charge in [-0.05, 0) is 37.8 Å². The van der Waals surface area contributed by atoms with E-state index in [9.17, 15) is 4.79 Å². The van der Waals surface area contributed by atoms with Crippen molar-refractivity contribution in [1.82, 2.24) is 15.0 Å². The Hall–Kier alpha value is -1.63. The minimum atomic E-state index is -0.0815. The SMILES string of the molecule is CC(N)C1CCN(C(=O)c2cc(-c3cccnc3)on2)CC1.Cl.Cl. The van der Waals surface area contributed by atoms with E-state index in [4.69, 9.17) is 10.3 Å². The lowest BCUT2D eigenvalue weighted by atomic mass is 9.91. The number of aromatic nitrogens is 2. The van der Waals surface area contributed by atoms with Crippen LogP contribution in [0.2, 0.25) is 0 Å². The van der Waals surface area contributed by atoms with Crippen molar-refractivity contribution in [2.24, 2.45) is 11.7 Å². The van der Waals surface area contributed by atoms with Crippen LogP contribution < -0.4 is 5.73 Å². The molecule has 1 aliphatic rings. The molecule has 2 aromatic heterocycles. The Labute approximate surface area is 153 Å². The summed E-state index contributed by atoms with van der Waals surface area (Å²) in [6.07, 6.45) is 5.25. The first-order chi connectivity index (χ1) is 10.6. The van der Waals surface area contributed by atoms with E-state index in [1.807, 2.05) is 24.0 Å². The lowest BCUT2D eigenvalue weighted by Gasteiger charge is -2.33. The highest BCUT2D eigenvalue weighted by Gasteiger charge is 2.27. The molecule has 0 saturated carbocycles. The molecule has 1 atom stereocenters. The molecule has 0 bridgehead atoms. The van der Waals surface area contributed by atoms with Gasteiger partial charge in [0.2, 0.25) is 0 Å². The molecule has 1 aliphatic heterocycles. The molecule has 3 heterocycles. The molecule has 6 nitrogen and oxygen atoms in total. The molecule has 0 aromatic carbocycles. The minimum absolute atomic E-state index is 0. The molecule has 1 saturated heterocycles. The van der Waals surface area contributed by atoms with Crippen LogP contribution >= 0.6 is 24.8 Å². The summed E-state index contributed by atoms with van der Waals surface area (Å²) in [6.45, 7) is 3.47.